The fourth-order valence-corrected chi connectivity index (χ4v) is 4.86. The van der Waals surface area contributed by atoms with E-state index in [1.54, 1.807) is 0 Å². The van der Waals surface area contributed by atoms with Crippen LogP contribution in [0.3, 0.4) is 0 Å². The lowest BCUT2D eigenvalue weighted by Gasteiger charge is -2.35. The average molecular weight is 424 g/mol. The highest BCUT2D eigenvalue weighted by Crippen LogP contribution is 2.27. The quantitative estimate of drug-likeness (QED) is 0.378. The van der Waals surface area contributed by atoms with Crippen LogP contribution in [0.25, 0.3) is 22.4 Å². The molecular weight excluding hydrogens is 394 g/mol. The number of amides is 1. The Morgan fingerprint density at radius 1 is 0.844 bits per heavy atom. The Morgan fingerprint density at radius 2 is 1.50 bits per heavy atom. The van der Waals surface area contributed by atoms with Gasteiger partial charge in [0.25, 0.3) is 0 Å². The maximum absolute atomic E-state index is 13.8. The number of hydrogen-bond acceptors (Lipinski definition) is 2. The number of para-hydroxylation sites is 2. The van der Waals surface area contributed by atoms with Gasteiger partial charge in [0.15, 0.2) is 0 Å². The summed E-state index contributed by atoms with van der Waals surface area (Å²) in [6.07, 6.45) is 5.86. The number of imidazole rings is 1. The molecule has 162 valence electrons. The van der Waals surface area contributed by atoms with Crippen LogP contribution in [0, 0.1) is 0 Å². The fourth-order valence-electron chi connectivity index (χ4n) is 4.86. The third-order valence-electron chi connectivity index (χ3n) is 6.51. The minimum Gasteiger partial charge on any atom is -0.334 e. The molecule has 4 aromatic rings. The molecule has 0 atom stereocenters. The third kappa shape index (κ3) is 4.31. The van der Waals surface area contributed by atoms with E-state index in [4.69, 9.17) is 4.98 Å². The van der Waals surface area contributed by atoms with Gasteiger partial charge < -0.3 is 9.47 Å². The number of nitrogens with zero attached hydrogens (tertiary/aromatic N) is 3. The Labute approximate surface area is 189 Å². The van der Waals surface area contributed by atoms with E-state index in [0.717, 1.165) is 35.3 Å². The summed E-state index contributed by atoms with van der Waals surface area (Å²) in [6, 6.07) is 28.9. The Bertz CT molecular complexity index is 1180. The molecule has 1 aromatic heterocycles. The molecule has 0 bridgehead atoms. The second-order valence-electron chi connectivity index (χ2n) is 8.68. The highest BCUT2D eigenvalue weighted by molar-refractivity contribution is 5.84. The van der Waals surface area contributed by atoms with Gasteiger partial charge in [0.1, 0.15) is 12.4 Å². The number of hydrogen-bond donors (Lipinski definition) is 0. The summed E-state index contributed by atoms with van der Waals surface area (Å²) >= 11 is 0. The van der Waals surface area contributed by atoms with Crippen molar-refractivity contribution < 1.29 is 4.79 Å². The predicted molar refractivity (Wildman–Crippen MR) is 129 cm³/mol. The molecule has 1 heterocycles. The van der Waals surface area contributed by atoms with Crippen LogP contribution in [0.15, 0.2) is 84.9 Å². The standard InChI is InChI=1S/C28H29N3O/c32-27(30(24-16-8-3-9-17-24)20-22-12-4-1-5-13-22)21-31-26-19-11-10-18-25(26)29-28(31)23-14-6-2-7-15-23/h1-2,4-7,10-15,18-19,24H,3,8-9,16-17,20-21H2. The van der Waals surface area contributed by atoms with Crippen LogP contribution in [0.2, 0.25) is 0 Å². The molecule has 1 aliphatic carbocycles. The van der Waals surface area contributed by atoms with E-state index in [9.17, 15) is 4.79 Å². The fraction of sp³-hybridized carbons (Fsp3) is 0.286. The number of rotatable bonds is 6. The molecule has 1 aliphatic rings. The van der Waals surface area contributed by atoms with E-state index in [0.29, 0.717) is 19.1 Å². The van der Waals surface area contributed by atoms with Crippen molar-refractivity contribution in [1.82, 2.24) is 14.5 Å². The third-order valence-corrected chi connectivity index (χ3v) is 6.51. The monoisotopic (exact) mass is 423 g/mol. The van der Waals surface area contributed by atoms with Gasteiger partial charge in [-0.15, -0.1) is 0 Å². The van der Waals surface area contributed by atoms with Gasteiger partial charge in [-0.1, -0.05) is 92.1 Å². The van der Waals surface area contributed by atoms with Crippen molar-refractivity contribution in [2.24, 2.45) is 0 Å². The van der Waals surface area contributed by atoms with E-state index in [2.05, 4.69) is 51.9 Å². The van der Waals surface area contributed by atoms with Crippen LogP contribution in [0.4, 0.5) is 0 Å². The number of carbonyl (C=O) groups excluding carboxylic acids is 1. The number of benzene rings is 3. The zero-order chi connectivity index (χ0) is 21.8. The highest BCUT2D eigenvalue weighted by atomic mass is 16.2. The summed E-state index contributed by atoms with van der Waals surface area (Å²) in [5.74, 6) is 1.02. The van der Waals surface area contributed by atoms with Crippen LogP contribution in [0.1, 0.15) is 37.7 Å². The maximum Gasteiger partial charge on any atom is 0.243 e. The van der Waals surface area contributed by atoms with Gasteiger partial charge in [-0.05, 0) is 30.5 Å². The van der Waals surface area contributed by atoms with Gasteiger partial charge in [0.2, 0.25) is 5.91 Å². The van der Waals surface area contributed by atoms with Crippen LogP contribution in [-0.4, -0.2) is 26.4 Å². The molecule has 3 aromatic carbocycles. The highest BCUT2D eigenvalue weighted by Gasteiger charge is 2.27. The van der Waals surface area contributed by atoms with Crippen LogP contribution < -0.4 is 0 Å². The summed E-state index contributed by atoms with van der Waals surface area (Å²) in [4.78, 5) is 20.8. The lowest BCUT2D eigenvalue weighted by atomic mass is 9.93. The summed E-state index contributed by atoms with van der Waals surface area (Å²) in [7, 11) is 0. The lowest BCUT2D eigenvalue weighted by molar-refractivity contribution is -0.135. The smallest absolute Gasteiger partial charge is 0.243 e. The zero-order valence-electron chi connectivity index (χ0n) is 18.4. The molecule has 0 N–H and O–H groups in total. The molecule has 4 heteroatoms. The summed E-state index contributed by atoms with van der Waals surface area (Å²) in [5.41, 5.74) is 4.14. The summed E-state index contributed by atoms with van der Waals surface area (Å²) in [6.45, 7) is 0.964. The molecule has 0 aliphatic heterocycles. The summed E-state index contributed by atoms with van der Waals surface area (Å²) < 4.78 is 2.09. The maximum atomic E-state index is 13.8. The number of carbonyl (C=O) groups is 1. The van der Waals surface area contributed by atoms with Gasteiger partial charge in [-0.25, -0.2) is 4.98 Å². The molecule has 32 heavy (non-hydrogen) atoms. The average Bonchev–Trinajstić information content (AvgIpc) is 3.22. The number of fused-ring (bicyclic) bond motifs is 1. The molecule has 1 amide bonds. The van der Waals surface area contributed by atoms with Gasteiger partial charge >= 0.3 is 0 Å². The zero-order valence-corrected chi connectivity index (χ0v) is 18.4. The Kier molecular flexibility index (Phi) is 6.02. The van der Waals surface area contributed by atoms with Crippen molar-refractivity contribution >= 4 is 16.9 Å². The largest absolute Gasteiger partial charge is 0.334 e. The van der Waals surface area contributed by atoms with Gasteiger partial charge in [-0.3, -0.25) is 4.79 Å². The first-order valence-electron chi connectivity index (χ1n) is 11.6. The van der Waals surface area contributed by atoms with Crippen molar-refractivity contribution in [3.63, 3.8) is 0 Å². The topological polar surface area (TPSA) is 38.1 Å². The first-order valence-corrected chi connectivity index (χ1v) is 11.6. The Hall–Kier alpha value is -3.40. The molecule has 1 saturated carbocycles. The molecule has 0 radical (unpaired) electrons. The van der Waals surface area contributed by atoms with E-state index < -0.39 is 0 Å². The molecule has 0 spiro atoms. The van der Waals surface area contributed by atoms with Crippen molar-refractivity contribution in [2.45, 2.75) is 51.2 Å². The van der Waals surface area contributed by atoms with Crippen molar-refractivity contribution in [1.29, 1.82) is 0 Å². The van der Waals surface area contributed by atoms with Crippen molar-refractivity contribution in [3.05, 3.63) is 90.5 Å². The number of aromatic nitrogens is 2. The molecule has 4 nitrogen and oxygen atoms in total. The minimum atomic E-state index is 0.168. The van der Waals surface area contributed by atoms with E-state index >= 15 is 0 Å². The predicted octanol–water partition coefficient (Wildman–Crippen LogP) is 6.06. The Morgan fingerprint density at radius 3 is 2.25 bits per heavy atom. The molecular formula is C28H29N3O. The lowest BCUT2D eigenvalue weighted by Crippen LogP contribution is -2.42. The second kappa shape index (κ2) is 9.39. The van der Waals surface area contributed by atoms with Gasteiger partial charge in [-0.2, -0.15) is 0 Å². The van der Waals surface area contributed by atoms with Crippen LogP contribution in [0.5, 0.6) is 0 Å². The van der Waals surface area contributed by atoms with Gasteiger partial charge in [0, 0.05) is 18.2 Å². The minimum absolute atomic E-state index is 0.168. The van der Waals surface area contributed by atoms with Gasteiger partial charge in [0.05, 0.1) is 11.0 Å². The molecule has 0 saturated heterocycles. The van der Waals surface area contributed by atoms with E-state index in [1.165, 1.54) is 24.8 Å². The van der Waals surface area contributed by atoms with Crippen molar-refractivity contribution in [3.8, 4) is 11.4 Å². The second-order valence-corrected chi connectivity index (χ2v) is 8.68. The Balaban J connectivity index is 1.50. The van der Waals surface area contributed by atoms with E-state index in [-0.39, 0.29) is 5.91 Å². The SMILES string of the molecule is O=C(Cn1c(-c2ccccc2)nc2ccccc21)N(Cc1ccccc1)C1CCCCC1. The molecule has 0 unspecified atom stereocenters. The molecule has 1 fully saturated rings. The first-order chi connectivity index (χ1) is 15.8. The normalized spacial score (nSPS) is 14.5. The first kappa shape index (κ1) is 20.5. The van der Waals surface area contributed by atoms with Crippen LogP contribution >= 0.6 is 0 Å². The van der Waals surface area contributed by atoms with E-state index in [1.807, 2.05) is 42.5 Å². The van der Waals surface area contributed by atoms with Crippen molar-refractivity contribution in [2.75, 3.05) is 0 Å². The van der Waals surface area contributed by atoms with Crippen LogP contribution in [-0.2, 0) is 17.9 Å². The molecule has 5 rings (SSSR count). The summed E-state index contributed by atoms with van der Waals surface area (Å²) in [5, 5.41) is 0.